The molecule has 0 aliphatic heterocycles. The summed E-state index contributed by atoms with van der Waals surface area (Å²) in [6.07, 6.45) is 3.76. The second-order valence-electron chi connectivity index (χ2n) is 5.68. The lowest BCUT2D eigenvalue weighted by molar-refractivity contribution is -0.146. The fraction of sp³-hybridized carbons (Fsp3) is 0.895. The third-order valence-corrected chi connectivity index (χ3v) is 3.35. The van der Waals surface area contributed by atoms with E-state index in [9.17, 15) is 9.59 Å². The van der Waals surface area contributed by atoms with Gasteiger partial charge < -0.3 is 28.4 Å². The van der Waals surface area contributed by atoms with Crippen LogP contribution in [0.15, 0.2) is 0 Å². The normalized spacial score (nSPS) is 10.7. The number of esters is 2. The van der Waals surface area contributed by atoms with Crippen molar-refractivity contribution in [3.05, 3.63) is 0 Å². The van der Waals surface area contributed by atoms with E-state index in [0.29, 0.717) is 65.9 Å². The van der Waals surface area contributed by atoms with E-state index in [0.717, 1.165) is 19.3 Å². The summed E-state index contributed by atoms with van der Waals surface area (Å²) in [4.78, 5) is 22.4. The molecule has 0 radical (unpaired) electrons. The molecule has 160 valence electrons. The molecular formula is C19H36O8. The third kappa shape index (κ3) is 20.9. The minimum atomic E-state index is -0.251. The van der Waals surface area contributed by atoms with Gasteiger partial charge in [0.25, 0.3) is 0 Å². The molecule has 0 N–H and O–H groups in total. The van der Waals surface area contributed by atoms with Crippen LogP contribution in [-0.4, -0.2) is 78.0 Å². The minimum absolute atomic E-state index is 0.162. The summed E-state index contributed by atoms with van der Waals surface area (Å²) in [5.74, 6) is -0.413. The molecule has 0 bridgehead atoms. The number of unbranched alkanes of at least 4 members (excludes halogenated alkanes) is 2. The first kappa shape index (κ1) is 25.8. The maximum Gasteiger partial charge on any atom is 0.308 e. The lowest BCUT2D eigenvalue weighted by atomic mass is 10.2. The summed E-state index contributed by atoms with van der Waals surface area (Å²) in [7, 11) is 0. The molecule has 0 amide bonds. The van der Waals surface area contributed by atoms with Gasteiger partial charge in [-0.05, 0) is 13.3 Å². The molecule has 8 heteroatoms. The summed E-state index contributed by atoms with van der Waals surface area (Å²) in [5.41, 5.74) is 0. The van der Waals surface area contributed by atoms with Gasteiger partial charge in [-0.3, -0.25) is 9.59 Å². The fourth-order valence-electron chi connectivity index (χ4n) is 1.96. The zero-order valence-corrected chi connectivity index (χ0v) is 16.9. The van der Waals surface area contributed by atoms with Crippen molar-refractivity contribution in [1.29, 1.82) is 0 Å². The van der Waals surface area contributed by atoms with Crippen molar-refractivity contribution in [3.63, 3.8) is 0 Å². The van der Waals surface area contributed by atoms with E-state index in [1.165, 1.54) is 0 Å². The first-order valence-corrected chi connectivity index (χ1v) is 9.82. The van der Waals surface area contributed by atoms with Crippen LogP contribution in [0.25, 0.3) is 0 Å². The van der Waals surface area contributed by atoms with E-state index in [-0.39, 0.29) is 25.0 Å². The summed E-state index contributed by atoms with van der Waals surface area (Å²) < 4.78 is 31.1. The van der Waals surface area contributed by atoms with Gasteiger partial charge in [0.05, 0.1) is 65.9 Å². The monoisotopic (exact) mass is 392 g/mol. The van der Waals surface area contributed by atoms with Crippen LogP contribution in [0, 0.1) is 0 Å². The molecule has 0 fully saturated rings. The van der Waals surface area contributed by atoms with E-state index in [4.69, 9.17) is 28.4 Å². The molecule has 0 aliphatic rings. The van der Waals surface area contributed by atoms with Crippen molar-refractivity contribution in [2.24, 2.45) is 0 Å². The van der Waals surface area contributed by atoms with Crippen molar-refractivity contribution in [3.8, 4) is 0 Å². The zero-order valence-electron chi connectivity index (χ0n) is 16.9. The van der Waals surface area contributed by atoms with E-state index < -0.39 is 0 Å². The Morgan fingerprint density at radius 3 is 1.56 bits per heavy atom. The van der Waals surface area contributed by atoms with Crippen LogP contribution in [0.3, 0.4) is 0 Å². The van der Waals surface area contributed by atoms with E-state index in [2.05, 4.69) is 6.92 Å². The lowest BCUT2D eigenvalue weighted by Gasteiger charge is -2.08. The summed E-state index contributed by atoms with van der Waals surface area (Å²) in [6.45, 7) is 7.98. The van der Waals surface area contributed by atoms with Gasteiger partial charge in [0.15, 0.2) is 0 Å². The van der Waals surface area contributed by atoms with Crippen LogP contribution in [-0.2, 0) is 38.0 Å². The topological polar surface area (TPSA) is 89.5 Å². The Kier molecular flexibility index (Phi) is 20.1. The predicted octanol–water partition coefficient (Wildman–Crippen LogP) is 2.13. The SMILES string of the molecule is CCCCCC(=O)OCCOCCOCCOCCOCCC(=O)OCC. The fourth-order valence-corrected chi connectivity index (χ4v) is 1.96. The van der Waals surface area contributed by atoms with Gasteiger partial charge in [-0.2, -0.15) is 0 Å². The molecule has 0 aromatic carbocycles. The van der Waals surface area contributed by atoms with Gasteiger partial charge >= 0.3 is 11.9 Å². The second-order valence-corrected chi connectivity index (χ2v) is 5.68. The zero-order chi connectivity index (χ0) is 20.0. The van der Waals surface area contributed by atoms with Gasteiger partial charge in [0.2, 0.25) is 0 Å². The number of hydrogen-bond acceptors (Lipinski definition) is 8. The number of carbonyl (C=O) groups excluding carboxylic acids is 2. The Bertz CT molecular complexity index is 349. The maximum atomic E-state index is 11.3. The molecule has 0 spiro atoms. The van der Waals surface area contributed by atoms with Gasteiger partial charge in [0, 0.05) is 6.42 Å². The van der Waals surface area contributed by atoms with Gasteiger partial charge in [0.1, 0.15) is 6.61 Å². The van der Waals surface area contributed by atoms with Gasteiger partial charge in [-0.15, -0.1) is 0 Å². The van der Waals surface area contributed by atoms with E-state index >= 15 is 0 Å². The molecule has 0 aromatic heterocycles. The number of ether oxygens (including phenoxy) is 6. The standard InChI is InChI=1S/C19H36O8/c1-3-5-6-7-18(20)27-17-16-25-15-14-24-13-12-23-11-10-22-9-8-19(21)26-4-2/h3-17H2,1-2H3. The van der Waals surface area contributed by atoms with Crippen LogP contribution < -0.4 is 0 Å². The highest BCUT2D eigenvalue weighted by Crippen LogP contribution is 2.00. The van der Waals surface area contributed by atoms with Crippen molar-refractivity contribution in [2.45, 2.75) is 46.0 Å². The molecule has 0 saturated carbocycles. The highest BCUT2D eigenvalue weighted by molar-refractivity contribution is 5.69. The molecule has 0 atom stereocenters. The largest absolute Gasteiger partial charge is 0.466 e. The van der Waals surface area contributed by atoms with Crippen LogP contribution in [0.4, 0.5) is 0 Å². The smallest absolute Gasteiger partial charge is 0.308 e. The summed E-state index contributed by atoms with van der Waals surface area (Å²) in [6, 6.07) is 0. The summed E-state index contributed by atoms with van der Waals surface area (Å²) in [5, 5.41) is 0. The Morgan fingerprint density at radius 2 is 1.04 bits per heavy atom. The van der Waals surface area contributed by atoms with Gasteiger partial charge in [-0.1, -0.05) is 19.8 Å². The number of hydrogen-bond donors (Lipinski definition) is 0. The van der Waals surface area contributed by atoms with E-state index in [1.54, 1.807) is 6.92 Å². The first-order valence-electron chi connectivity index (χ1n) is 9.82. The average Bonchev–Trinajstić information content (AvgIpc) is 2.65. The number of carbonyl (C=O) groups is 2. The molecule has 0 heterocycles. The first-order chi connectivity index (χ1) is 13.2. The highest BCUT2D eigenvalue weighted by atomic mass is 16.6. The molecule has 0 unspecified atom stereocenters. The molecule has 0 rings (SSSR count). The molecular weight excluding hydrogens is 356 g/mol. The van der Waals surface area contributed by atoms with Crippen LogP contribution in [0.2, 0.25) is 0 Å². The van der Waals surface area contributed by atoms with Crippen LogP contribution in [0.1, 0.15) is 46.0 Å². The minimum Gasteiger partial charge on any atom is -0.466 e. The van der Waals surface area contributed by atoms with Crippen molar-refractivity contribution in [2.75, 3.05) is 66.1 Å². The van der Waals surface area contributed by atoms with Crippen molar-refractivity contribution < 1.29 is 38.0 Å². The lowest BCUT2D eigenvalue weighted by Crippen LogP contribution is -2.15. The molecule has 8 nitrogen and oxygen atoms in total. The quantitative estimate of drug-likeness (QED) is 0.230. The summed E-state index contributed by atoms with van der Waals surface area (Å²) >= 11 is 0. The Morgan fingerprint density at radius 1 is 0.556 bits per heavy atom. The predicted molar refractivity (Wildman–Crippen MR) is 99.6 cm³/mol. The van der Waals surface area contributed by atoms with Crippen molar-refractivity contribution in [1.82, 2.24) is 0 Å². The Hall–Kier alpha value is -1.22. The Balaban J connectivity index is 3.12. The third-order valence-electron chi connectivity index (χ3n) is 3.35. The maximum absolute atomic E-state index is 11.3. The molecule has 0 aliphatic carbocycles. The molecule has 0 saturated heterocycles. The average molecular weight is 392 g/mol. The second kappa shape index (κ2) is 21.1. The van der Waals surface area contributed by atoms with Crippen molar-refractivity contribution >= 4 is 11.9 Å². The highest BCUT2D eigenvalue weighted by Gasteiger charge is 2.02. The van der Waals surface area contributed by atoms with Gasteiger partial charge in [-0.25, -0.2) is 0 Å². The Labute approximate surface area is 162 Å². The van der Waals surface area contributed by atoms with Crippen LogP contribution in [0.5, 0.6) is 0 Å². The molecule has 0 aromatic rings. The van der Waals surface area contributed by atoms with E-state index in [1.807, 2.05) is 0 Å². The number of rotatable bonds is 20. The van der Waals surface area contributed by atoms with Crippen LogP contribution >= 0.6 is 0 Å². The molecule has 27 heavy (non-hydrogen) atoms.